The molecular formula is C11H14BrNO2S. The number of carbonyl (C=O) groups is 1. The standard InChI is InChI=1S/C11H14BrNO2S/c1-3-15-11(14)9-10-7(4-5-13(9)2)6-8(12)16-10/h6,9H,3-5H2,1-2H3. The SMILES string of the molecule is CCOC(=O)C1c2sc(Br)cc2CCN1C. The first-order valence-corrected chi connectivity index (χ1v) is 6.89. The monoisotopic (exact) mass is 303 g/mol. The molecule has 0 saturated carbocycles. The number of halogens is 1. The van der Waals surface area contributed by atoms with E-state index in [0.717, 1.165) is 21.6 Å². The van der Waals surface area contributed by atoms with Gasteiger partial charge >= 0.3 is 5.97 Å². The minimum Gasteiger partial charge on any atom is -0.465 e. The van der Waals surface area contributed by atoms with Crippen molar-refractivity contribution < 1.29 is 9.53 Å². The second-order valence-corrected chi connectivity index (χ2v) is 6.29. The Hall–Kier alpha value is -0.390. The van der Waals surface area contributed by atoms with Crippen LogP contribution in [0, 0.1) is 0 Å². The second-order valence-electron chi connectivity index (χ2n) is 3.83. The van der Waals surface area contributed by atoms with Gasteiger partial charge in [-0.1, -0.05) is 0 Å². The number of hydrogen-bond acceptors (Lipinski definition) is 4. The van der Waals surface area contributed by atoms with Crippen LogP contribution in [0.4, 0.5) is 0 Å². The number of nitrogens with zero attached hydrogens (tertiary/aromatic N) is 1. The minimum atomic E-state index is -0.222. The van der Waals surface area contributed by atoms with E-state index in [1.165, 1.54) is 5.56 Å². The molecule has 1 aliphatic rings. The molecule has 2 rings (SSSR count). The quantitative estimate of drug-likeness (QED) is 0.787. The maximum atomic E-state index is 11.9. The van der Waals surface area contributed by atoms with Gasteiger partial charge in [-0.05, 0) is 48.0 Å². The molecule has 0 N–H and O–H groups in total. The topological polar surface area (TPSA) is 29.5 Å². The smallest absolute Gasteiger partial charge is 0.328 e. The summed E-state index contributed by atoms with van der Waals surface area (Å²) in [6, 6.07) is 1.89. The Balaban J connectivity index is 2.32. The molecule has 3 nitrogen and oxygen atoms in total. The summed E-state index contributed by atoms with van der Waals surface area (Å²) < 4.78 is 6.21. The Morgan fingerprint density at radius 2 is 2.50 bits per heavy atom. The van der Waals surface area contributed by atoms with E-state index in [0.29, 0.717) is 6.61 Å². The third-order valence-electron chi connectivity index (χ3n) is 2.74. The van der Waals surface area contributed by atoms with Crippen molar-refractivity contribution in [1.82, 2.24) is 4.90 Å². The summed E-state index contributed by atoms with van der Waals surface area (Å²) in [5.41, 5.74) is 1.27. The molecule has 0 saturated heterocycles. The Bertz CT molecular complexity index is 405. The number of ether oxygens (including phenoxy) is 1. The van der Waals surface area contributed by atoms with Crippen LogP contribution in [0.3, 0.4) is 0 Å². The van der Waals surface area contributed by atoms with Crippen LogP contribution >= 0.6 is 27.3 Å². The van der Waals surface area contributed by atoms with E-state index >= 15 is 0 Å². The first-order valence-electron chi connectivity index (χ1n) is 5.28. The first kappa shape index (κ1) is 12.1. The van der Waals surface area contributed by atoms with Gasteiger partial charge in [0.15, 0.2) is 0 Å². The molecule has 0 aromatic carbocycles. The molecule has 1 unspecified atom stereocenters. The predicted octanol–water partition coefficient (Wildman–Crippen LogP) is 2.60. The van der Waals surface area contributed by atoms with Gasteiger partial charge < -0.3 is 4.74 Å². The molecule has 0 spiro atoms. The molecule has 0 radical (unpaired) electrons. The van der Waals surface area contributed by atoms with E-state index in [4.69, 9.17) is 4.74 Å². The Morgan fingerprint density at radius 3 is 3.19 bits per heavy atom. The molecule has 1 atom stereocenters. The normalized spacial score (nSPS) is 20.6. The largest absolute Gasteiger partial charge is 0.465 e. The van der Waals surface area contributed by atoms with Crippen molar-refractivity contribution in [3.63, 3.8) is 0 Å². The average molecular weight is 304 g/mol. The number of carbonyl (C=O) groups excluding carboxylic acids is 1. The van der Waals surface area contributed by atoms with Crippen LogP contribution in [0.5, 0.6) is 0 Å². The fraction of sp³-hybridized carbons (Fsp3) is 0.545. The predicted molar refractivity (Wildman–Crippen MR) is 67.7 cm³/mol. The number of fused-ring (bicyclic) bond motifs is 1. The van der Waals surface area contributed by atoms with Gasteiger partial charge in [0.25, 0.3) is 0 Å². The lowest BCUT2D eigenvalue weighted by Gasteiger charge is -2.30. The fourth-order valence-electron chi connectivity index (χ4n) is 1.97. The Morgan fingerprint density at radius 1 is 1.75 bits per heavy atom. The molecule has 1 aliphatic heterocycles. The van der Waals surface area contributed by atoms with Crippen molar-refractivity contribution in [2.45, 2.75) is 19.4 Å². The number of rotatable bonds is 2. The summed E-state index contributed by atoms with van der Waals surface area (Å²) in [7, 11) is 1.97. The minimum absolute atomic E-state index is 0.139. The van der Waals surface area contributed by atoms with Crippen molar-refractivity contribution in [2.24, 2.45) is 0 Å². The molecule has 1 aromatic heterocycles. The van der Waals surface area contributed by atoms with Gasteiger partial charge in [0, 0.05) is 11.4 Å². The molecular weight excluding hydrogens is 290 g/mol. The van der Waals surface area contributed by atoms with E-state index in [9.17, 15) is 4.79 Å². The molecule has 88 valence electrons. The molecule has 0 amide bonds. The molecule has 0 bridgehead atoms. The molecule has 2 heterocycles. The van der Waals surface area contributed by atoms with Gasteiger partial charge in [0.2, 0.25) is 0 Å². The van der Waals surface area contributed by atoms with E-state index < -0.39 is 0 Å². The van der Waals surface area contributed by atoms with Crippen molar-refractivity contribution in [3.05, 3.63) is 20.3 Å². The van der Waals surface area contributed by atoms with E-state index in [1.807, 2.05) is 14.0 Å². The van der Waals surface area contributed by atoms with Gasteiger partial charge in [0.05, 0.1) is 10.4 Å². The molecule has 16 heavy (non-hydrogen) atoms. The fourth-order valence-corrected chi connectivity index (χ4v) is 3.86. The van der Waals surface area contributed by atoms with Crippen molar-refractivity contribution >= 4 is 33.2 Å². The summed E-state index contributed by atoms with van der Waals surface area (Å²) in [5.74, 6) is -0.139. The highest BCUT2D eigenvalue weighted by atomic mass is 79.9. The van der Waals surface area contributed by atoms with Gasteiger partial charge in [-0.3, -0.25) is 4.90 Å². The van der Waals surface area contributed by atoms with Crippen LogP contribution < -0.4 is 0 Å². The molecule has 5 heteroatoms. The molecule has 0 aliphatic carbocycles. The lowest BCUT2D eigenvalue weighted by Crippen LogP contribution is -2.36. The lowest BCUT2D eigenvalue weighted by molar-refractivity contribution is -0.149. The van der Waals surface area contributed by atoms with Gasteiger partial charge in [-0.15, -0.1) is 11.3 Å². The van der Waals surface area contributed by atoms with Gasteiger partial charge in [-0.2, -0.15) is 0 Å². The van der Waals surface area contributed by atoms with Crippen molar-refractivity contribution in [1.29, 1.82) is 0 Å². The van der Waals surface area contributed by atoms with Crippen molar-refractivity contribution in [2.75, 3.05) is 20.2 Å². The summed E-state index contributed by atoms with van der Waals surface area (Å²) >= 11 is 5.11. The maximum Gasteiger partial charge on any atom is 0.328 e. The lowest BCUT2D eigenvalue weighted by atomic mass is 10.0. The summed E-state index contributed by atoms with van der Waals surface area (Å²) in [6.07, 6.45) is 1.00. The van der Waals surface area contributed by atoms with E-state index in [2.05, 4.69) is 26.9 Å². The van der Waals surface area contributed by atoms with Crippen LogP contribution in [0.25, 0.3) is 0 Å². The Labute approximate surface area is 108 Å². The third-order valence-corrected chi connectivity index (χ3v) is 4.48. The summed E-state index contributed by atoms with van der Waals surface area (Å²) in [5, 5.41) is 0. The maximum absolute atomic E-state index is 11.9. The zero-order chi connectivity index (χ0) is 11.7. The zero-order valence-electron chi connectivity index (χ0n) is 9.33. The van der Waals surface area contributed by atoms with Crippen LogP contribution in [-0.2, 0) is 16.0 Å². The highest BCUT2D eigenvalue weighted by Gasteiger charge is 2.33. The summed E-state index contributed by atoms with van der Waals surface area (Å²) in [6.45, 7) is 3.18. The first-order chi connectivity index (χ1) is 7.63. The molecule has 1 aromatic rings. The highest BCUT2D eigenvalue weighted by molar-refractivity contribution is 9.11. The van der Waals surface area contributed by atoms with E-state index in [1.54, 1.807) is 11.3 Å². The van der Waals surface area contributed by atoms with Crippen LogP contribution in [0.1, 0.15) is 23.4 Å². The van der Waals surface area contributed by atoms with Crippen LogP contribution in [0.15, 0.2) is 9.85 Å². The number of hydrogen-bond donors (Lipinski definition) is 0. The number of thiophene rings is 1. The average Bonchev–Trinajstić information content (AvgIpc) is 2.58. The van der Waals surface area contributed by atoms with Crippen LogP contribution in [-0.4, -0.2) is 31.1 Å². The van der Waals surface area contributed by atoms with E-state index in [-0.39, 0.29) is 12.0 Å². The summed E-state index contributed by atoms with van der Waals surface area (Å²) in [4.78, 5) is 15.1. The zero-order valence-corrected chi connectivity index (χ0v) is 11.7. The van der Waals surface area contributed by atoms with Gasteiger partial charge in [-0.25, -0.2) is 4.79 Å². The Kier molecular flexibility index (Phi) is 3.66. The number of esters is 1. The van der Waals surface area contributed by atoms with Crippen LogP contribution in [0.2, 0.25) is 0 Å². The highest BCUT2D eigenvalue weighted by Crippen LogP contribution is 2.38. The molecule has 0 fully saturated rings. The third kappa shape index (κ3) is 2.17. The van der Waals surface area contributed by atoms with Crippen molar-refractivity contribution in [3.8, 4) is 0 Å². The second kappa shape index (κ2) is 4.85. The van der Waals surface area contributed by atoms with Gasteiger partial charge in [0.1, 0.15) is 6.04 Å². The number of likely N-dealkylation sites (N-methyl/N-ethyl adjacent to an activating group) is 1.